The number of ether oxygens (including phenoxy) is 3. The van der Waals surface area contributed by atoms with Crippen LogP contribution in [0.3, 0.4) is 0 Å². The van der Waals surface area contributed by atoms with Gasteiger partial charge in [-0.2, -0.15) is 5.26 Å². The third-order valence-electron chi connectivity index (χ3n) is 3.89. The summed E-state index contributed by atoms with van der Waals surface area (Å²) in [6.07, 6.45) is -0.325. The standard InChI is InChI=1S/C20H24BNO5/c1-5-25-15(2)26-14-17-12-19(10-11-20(17)21(23-3)24-4)27-18-8-6-16(13-22)7-9-18/h6-12,15H,5,14H2,1-4H3. The smallest absolute Gasteiger partial charge is 0.457 e. The van der Waals surface area contributed by atoms with Crippen molar-refractivity contribution in [2.75, 3.05) is 20.8 Å². The van der Waals surface area contributed by atoms with E-state index in [0.29, 0.717) is 30.3 Å². The normalized spacial score (nSPS) is 11.7. The molecule has 0 N–H and O–H groups in total. The van der Waals surface area contributed by atoms with Gasteiger partial charge in [0.2, 0.25) is 0 Å². The quantitative estimate of drug-likeness (QED) is 0.473. The molecule has 2 rings (SSSR count). The molecule has 2 aromatic carbocycles. The van der Waals surface area contributed by atoms with E-state index in [1.54, 1.807) is 38.5 Å². The minimum atomic E-state index is -0.505. The van der Waals surface area contributed by atoms with Crippen LogP contribution < -0.4 is 10.2 Å². The zero-order chi connectivity index (χ0) is 19.6. The zero-order valence-electron chi connectivity index (χ0n) is 16.1. The fraction of sp³-hybridized carbons (Fsp3) is 0.350. The molecule has 142 valence electrons. The Morgan fingerprint density at radius 3 is 2.26 bits per heavy atom. The zero-order valence-corrected chi connectivity index (χ0v) is 16.1. The predicted molar refractivity (Wildman–Crippen MR) is 103 cm³/mol. The summed E-state index contributed by atoms with van der Waals surface area (Å²) in [5, 5.41) is 8.89. The summed E-state index contributed by atoms with van der Waals surface area (Å²) in [4.78, 5) is 0. The highest BCUT2D eigenvalue weighted by atomic mass is 16.7. The van der Waals surface area contributed by atoms with Gasteiger partial charge in [0, 0.05) is 20.8 Å². The Bertz CT molecular complexity index is 756. The summed E-state index contributed by atoms with van der Waals surface area (Å²) in [5.41, 5.74) is 2.32. The lowest BCUT2D eigenvalue weighted by Crippen LogP contribution is -2.37. The van der Waals surface area contributed by atoms with Crippen LogP contribution in [0.25, 0.3) is 0 Å². The molecule has 0 aromatic heterocycles. The Morgan fingerprint density at radius 2 is 1.67 bits per heavy atom. The Hall–Kier alpha value is -2.37. The van der Waals surface area contributed by atoms with Gasteiger partial charge in [-0.05, 0) is 61.3 Å². The van der Waals surface area contributed by atoms with Crippen LogP contribution in [0.4, 0.5) is 0 Å². The second-order valence-corrected chi connectivity index (χ2v) is 5.74. The van der Waals surface area contributed by atoms with Gasteiger partial charge in [0.15, 0.2) is 6.29 Å². The second-order valence-electron chi connectivity index (χ2n) is 5.74. The monoisotopic (exact) mass is 369 g/mol. The first kappa shape index (κ1) is 20.9. The average molecular weight is 369 g/mol. The molecule has 1 atom stereocenters. The number of rotatable bonds is 10. The number of nitriles is 1. The van der Waals surface area contributed by atoms with Crippen LogP contribution in [-0.4, -0.2) is 34.2 Å². The van der Waals surface area contributed by atoms with E-state index in [9.17, 15) is 0 Å². The Balaban J connectivity index is 2.22. The van der Waals surface area contributed by atoms with Gasteiger partial charge in [-0.1, -0.05) is 6.07 Å². The van der Waals surface area contributed by atoms with Crippen molar-refractivity contribution >= 4 is 12.6 Å². The van der Waals surface area contributed by atoms with Crippen LogP contribution in [0.2, 0.25) is 0 Å². The van der Waals surface area contributed by atoms with Gasteiger partial charge < -0.3 is 23.5 Å². The Kier molecular flexibility index (Phi) is 8.30. The molecule has 2 aromatic rings. The fourth-order valence-electron chi connectivity index (χ4n) is 2.57. The molecular formula is C20H24BNO5. The van der Waals surface area contributed by atoms with E-state index < -0.39 is 7.12 Å². The van der Waals surface area contributed by atoms with Crippen molar-refractivity contribution in [1.82, 2.24) is 0 Å². The highest BCUT2D eigenvalue weighted by molar-refractivity contribution is 6.61. The molecular weight excluding hydrogens is 345 g/mol. The molecule has 0 aliphatic carbocycles. The molecule has 0 saturated heterocycles. The molecule has 0 bridgehead atoms. The van der Waals surface area contributed by atoms with E-state index in [0.717, 1.165) is 11.0 Å². The van der Waals surface area contributed by atoms with Crippen LogP contribution in [0.1, 0.15) is 25.0 Å². The van der Waals surface area contributed by atoms with Gasteiger partial charge in [0.05, 0.1) is 18.2 Å². The lowest BCUT2D eigenvalue weighted by atomic mass is 9.76. The van der Waals surface area contributed by atoms with Crippen molar-refractivity contribution in [2.45, 2.75) is 26.7 Å². The molecule has 0 radical (unpaired) electrons. The summed E-state index contributed by atoms with van der Waals surface area (Å²) in [6, 6.07) is 14.6. The van der Waals surface area contributed by atoms with Gasteiger partial charge in [0.25, 0.3) is 0 Å². The largest absolute Gasteiger partial charge is 0.493 e. The first-order valence-corrected chi connectivity index (χ1v) is 8.70. The molecule has 0 aliphatic rings. The van der Waals surface area contributed by atoms with Crippen LogP contribution in [0.5, 0.6) is 11.5 Å². The number of benzene rings is 2. The third kappa shape index (κ3) is 6.09. The van der Waals surface area contributed by atoms with Gasteiger partial charge in [0.1, 0.15) is 11.5 Å². The average Bonchev–Trinajstić information content (AvgIpc) is 2.69. The van der Waals surface area contributed by atoms with Crippen molar-refractivity contribution in [2.24, 2.45) is 0 Å². The summed E-state index contributed by atoms with van der Waals surface area (Å²) in [7, 11) is 2.67. The first-order chi connectivity index (χ1) is 13.1. The predicted octanol–water partition coefficient (Wildman–Crippen LogP) is 3.24. The molecule has 0 aliphatic heterocycles. The van der Waals surface area contributed by atoms with Gasteiger partial charge in [-0.3, -0.25) is 0 Å². The summed E-state index contributed by atoms with van der Waals surface area (Å²) in [6.45, 7) is 4.67. The number of hydrogen-bond donors (Lipinski definition) is 0. The molecule has 6 nitrogen and oxygen atoms in total. The van der Waals surface area contributed by atoms with Crippen LogP contribution >= 0.6 is 0 Å². The maximum Gasteiger partial charge on any atom is 0.493 e. The van der Waals surface area contributed by atoms with E-state index in [-0.39, 0.29) is 6.29 Å². The van der Waals surface area contributed by atoms with Gasteiger partial charge in [-0.25, -0.2) is 0 Å². The van der Waals surface area contributed by atoms with E-state index in [2.05, 4.69) is 6.07 Å². The van der Waals surface area contributed by atoms with Crippen molar-refractivity contribution in [3.05, 3.63) is 53.6 Å². The Morgan fingerprint density at radius 1 is 1.00 bits per heavy atom. The van der Waals surface area contributed by atoms with Gasteiger partial charge >= 0.3 is 7.12 Å². The van der Waals surface area contributed by atoms with Crippen molar-refractivity contribution < 1.29 is 23.5 Å². The van der Waals surface area contributed by atoms with E-state index >= 15 is 0 Å². The van der Waals surface area contributed by atoms with Crippen molar-refractivity contribution in [3.63, 3.8) is 0 Å². The fourth-order valence-corrected chi connectivity index (χ4v) is 2.57. The maximum atomic E-state index is 8.89. The molecule has 0 saturated carbocycles. The summed E-state index contributed by atoms with van der Waals surface area (Å²) >= 11 is 0. The minimum Gasteiger partial charge on any atom is -0.457 e. The van der Waals surface area contributed by atoms with Crippen molar-refractivity contribution in [3.8, 4) is 17.6 Å². The molecule has 0 amide bonds. The SMILES string of the molecule is CCOC(C)OCc1cc(Oc2ccc(C#N)cc2)ccc1B(OC)OC. The summed E-state index contributed by atoms with van der Waals surface area (Å²) in [5.74, 6) is 1.29. The molecule has 0 fully saturated rings. The second kappa shape index (κ2) is 10.7. The van der Waals surface area contributed by atoms with E-state index in [4.69, 9.17) is 28.8 Å². The highest BCUT2D eigenvalue weighted by Crippen LogP contribution is 2.23. The molecule has 27 heavy (non-hydrogen) atoms. The summed E-state index contributed by atoms with van der Waals surface area (Å²) < 4.78 is 27.8. The van der Waals surface area contributed by atoms with E-state index in [1.165, 1.54) is 0 Å². The topological polar surface area (TPSA) is 69.9 Å². The molecule has 7 heteroatoms. The van der Waals surface area contributed by atoms with Crippen LogP contribution in [0.15, 0.2) is 42.5 Å². The first-order valence-electron chi connectivity index (χ1n) is 8.70. The lowest BCUT2D eigenvalue weighted by molar-refractivity contribution is -0.134. The number of hydrogen-bond acceptors (Lipinski definition) is 6. The van der Waals surface area contributed by atoms with Crippen molar-refractivity contribution in [1.29, 1.82) is 5.26 Å². The van der Waals surface area contributed by atoms with Crippen LogP contribution in [-0.2, 0) is 25.4 Å². The maximum absolute atomic E-state index is 8.89. The highest BCUT2D eigenvalue weighted by Gasteiger charge is 2.22. The third-order valence-corrected chi connectivity index (χ3v) is 3.89. The molecule has 1 unspecified atom stereocenters. The van der Waals surface area contributed by atoms with Crippen LogP contribution in [0, 0.1) is 11.3 Å². The minimum absolute atomic E-state index is 0.324. The van der Waals surface area contributed by atoms with E-state index in [1.807, 2.05) is 32.0 Å². The molecule has 0 heterocycles. The lowest BCUT2D eigenvalue weighted by Gasteiger charge is -2.18. The van der Waals surface area contributed by atoms with Gasteiger partial charge in [-0.15, -0.1) is 0 Å². The Labute approximate surface area is 160 Å². The molecule has 0 spiro atoms. The number of nitrogens with zero attached hydrogens (tertiary/aromatic N) is 1.